The summed E-state index contributed by atoms with van der Waals surface area (Å²) in [6.45, 7) is 2.38. The van der Waals surface area contributed by atoms with E-state index in [9.17, 15) is 4.79 Å². The van der Waals surface area contributed by atoms with Gasteiger partial charge in [0.15, 0.2) is 0 Å². The van der Waals surface area contributed by atoms with Gasteiger partial charge in [0.05, 0.1) is 13.0 Å². The second kappa shape index (κ2) is 7.09. The smallest absolute Gasteiger partial charge is 0.227 e. The van der Waals surface area contributed by atoms with Crippen molar-refractivity contribution in [2.24, 2.45) is 5.92 Å². The van der Waals surface area contributed by atoms with Crippen molar-refractivity contribution >= 4 is 21.8 Å². The quantitative estimate of drug-likeness (QED) is 0.915. The fourth-order valence-electron chi connectivity index (χ4n) is 2.58. The van der Waals surface area contributed by atoms with Crippen LogP contribution in [0, 0.1) is 5.92 Å². The zero-order chi connectivity index (χ0) is 14.5. The molecular weight excluding hydrogens is 320 g/mol. The van der Waals surface area contributed by atoms with Gasteiger partial charge in [-0.15, -0.1) is 0 Å². The topological polar surface area (TPSA) is 41.6 Å². The Bertz CT molecular complexity index is 473. The molecule has 0 aliphatic carbocycles. The van der Waals surface area contributed by atoms with E-state index in [0.717, 1.165) is 41.7 Å². The van der Waals surface area contributed by atoms with E-state index in [1.807, 2.05) is 25.2 Å². The number of ether oxygens (including phenoxy) is 1. The number of benzene rings is 1. The van der Waals surface area contributed by atoms with Crippen molar-refractivity contribution in [3.63, 3.8) is 0 Å². The first kappa shape index (κ1) is 15.3. The Morgan fingerprint density at radius 2 is 2.35 bits per heavy atom. The molecule has 110 valence electrons. The Balaban J connectivity index is 2.04. The number of methoxy groups -OCH3 is 1. The Morgan fingerprint density at radius 3 is 3.00 bits per heavy atom. The zero-order valence-corrected chi connectivity index (χ0v) is 13.6. The Labute approximate surface area is 128 Å². The van der Waals surface area contributed by atoms with Crippen LogP contribution in [-0.4, -0.2) is 38.1 Å². The van der Waals surface area contributed by atoms with Gasteiger partial charge in [-0.05, 0) is 37.6 Å². The maximum atomic E-state index is 12.4. The molecule has 0 unspecified atom stereocenters. The summed E-state index contributed by atoms with van der Waals surface area (Å²) in [7, 11) is 3.51. The number of nitrogens with zero attached hydrogens (tertiary/aromatic N) is 1. The summed E-state index contributed by atoms with van der Waals surface area (Å²) in [5.74, 6) is 1.13. The third kappa shape index (κ3) is 3.73. The SMILES string of the molecule is COc1ccc(Br)cc1CN(C)C(=O)[C@@H]1CCCNC1. The average molecular weight is 341 g/mol. The van der Waals surface area contributed by atoms with Crippen LogP contribution in [0.1, 0.15) is 18.4 Å². The number of hydrogen-bond acceptors (Lipinski definition) is 3. The van der Waals surface area contributed by atoms with Gasteiger partial charge >= 0.3 is 0 Å². The number of piperidine rings is 1. The molecule has 1 aromatic carbocycles. The van der Waals surface area contributed by atoms with Gasteiger partial charge in [0, 0.05) is 30.2 Å². The van der Waals surface area contributed by atoms with E-state index in [0.29, 0.717) is 6.54 Å². The standard InChI is InChI=1S/C15H21BrN2O2/c1-18(15(19)11-4-3-7-17-9-11)10-12-8-13(16)5-6-14(12)20-2/h5-6,8,11,17H,3-4,7,9-10H2,1-2H3/t11-/m1/s1. The minimum atomic E-state index is 0.104. The summed E-state index contributed by atoms with van der Waals surface area (Å²) in [4.78, 5) is 14.2. The maximum absolute atomic E-state index is 12.4. The highest BCUT2D eigenvalue weighted by Gasteiger charge is 2.24. The molecule has 0 radical (unpaired) electrons. The van der Waals surface area contributed by atoms with Crippen molar-refractivity contribution in [3.05, 3.63) is 28.2 Å². The molecule has 20 heavy (non-hydrogen) atoms. The summed E-state index contributed by atoms with van der Waals surface area (Å²) in [6, 6.07) is 5.86. The molecule has 1 aliphatic rings. The third-order valence-electron chi connectivity index (χ3n) is 3.67. The van der Waals surface area contributed by atoms with Gasteiger partial charge in [-0.2, -0.15) is 0 Å². The molecule has 5 heteroatoms. The number of halogens is 1. The molecule has 0 bridgehead atoms. The summed E-state index contributed by atoms with van der Waals surface area (Å²) in [5.41, 5.74) is 1.02. The predicted molar refractivity (Wildman–Crippen MR) is 82.8 cm³/mol. The summed E-state index contributed by atoms with van der Waals surface area (Å²) in [5, 5.41) is 3.29. The van der Waals surface area contributed by atoms with Gasteiger partial charge in [-0.3, -0.25) is 4.79 Å². The van der Waals surface area contributed by atoms with E-state index in [4.69, 9.17) is 4.74 Å². The average Bonchev–Trinajstić information content (AvgIpc) is 2.47. The molecule has 1 atom stereocenters. The molecule has 4 nitrogen and oxygen atoms in total. The van der Waals surface area contributed by atoms with Crippen LogP contribution in [0.25, 0.3) is 0 Å². The highest BCUT2D eigenvalue weighted by molar-refractivity contribution is 9.10. The number of nitrogens with one attached hydrogen (secondary N) is 1. The van der Waals surface area contributed by atoms with Gasteiger partial charge in [0.1, 0.15) is 5.75 Å². The monoisotopic (exact) mass is 340 g/mol. The first-order valence-corrected chi connectivity index (χ1v) is 7.69. The Morgan fingerprint density at radius 1 is 1.55 bits per heavy atom. The normalized spacial score (nSPS) is 18.6. The molecule has 1 amide bonds. The highest BCUT2D eigenvalue weighted by atomic mass is 79.9. The lowest BCUT2D eigenvalue weighted by atomic mass is 9.98. The Hall–Kier alpha value is -1.07. The van der Waals surface area contributed by atoms with Crippen LogP contribution in [0.5, 0.6) is 5.75 Å². The van der Waals surface area contributed by atoms with Crippen molar-refractivity contribution in [1.82, 2.24) is 10.2 Å². The molecule has 1 aromatic rings. The van der Waals surface area contributed by atoms with Crippen LogP contribution in [0.15, 0.2) is 22.7 Å². The summed E-state index contributed by atoms with van der Waals surface area (Å²) < 4.78 is 6.35. The Kier molecular flexibility index (Phi) is 5.43. The predicted octanol–water partition coefficient (Wildman–Crippen LogP) is 2.42. The molecule has 1 fully saturated rings. The summed E-state index contributed by atoms with van der Waals surface area (Å²) in [6.07, 6.45) is 2.05. The van der Waals surface area contributed by atoms with Crippen molar-refractivity contribution in [1.29, 1.82) is 0 Å². The fourth-order valence-corrected chi connectivity index (χ4v) is 2.99. The van der Waals surface area contributed by atoms with Gasteiger partial charge in [-0.25, -0.2) is 0 Å². The van der Waals surface area contributed by atoms with Crippen LogP contribution in [0.2, 0.25) is 0 Å². The van der Waals surface area contributed by atoms with Gasteiger partial charge in [0.25, 0.3) is 0 Å². The molecule has 1 N–H and O–H groups in total. The fraction of sp³-hybridized carbons (Fsp3) is 0.533. The zero-order valence-electron chi connectivity index (χ0n) is 12.0. The molecule has 1 saturated heterocycles. The van der Waals surface area contributed by atoms with E-state index < -0.39 is 0 Å². The lowest BCUT2D eigenvalue weighted by Crippen LogP contribution is -2.41. The molecule has 0 saturated carbocycles. The van der Waals surface area contributed by atoms with Gasteiger partial charge < -0.3 is 15.0 Å². The van der Waals surface area contributed by atoms with Crippen LogP contribution >= 0.6 is 15.9 Å². The van der Waals surface area contributed by atoms with E-state index in [1.54, 1.807) is 12.0 Å². The van der Waals surface area contributed by atoms with E-state index in [2.05, 4.69) is 21.2 Å². The maximum Gasteiger partial charge on any atom is 0.227 e. The minimum absolute atomic E-state index is 0.104. The number of hydrogen-bond donors (Lipinski definition) is 1. The molecule has 1 heterocycles. The van der Waals surface area contributed by atoms with Crippen molar-refractivity contribution < 1.29 is 9.53 Å². The highest BCUT2D eigenvalue weighted by Crippen LogP contribution is 2.25. The number of carbonyl (C=O) groups excluding carboxylic acids is 1. The molecule has 2 rings (SSSR count). The first-order chi connectivity index (χ1) is 9.61. The van der Waals surface area contributed by atoms with E-state index in [-0.39, 0.29) is 11.8 Å². The second-order valence-electron chi connectivity index (χ2n) is 5.19. The van der Waals surface area contributed by atoms with Crippen molar-refractivity contribution in [3.8, 4) is 5.75 Å². The lowest BCUT2D eigenvalue weighted by molar-refractivity contribution is -0.135. The van der Waals surface area contributed by atoms with Crippen LogP contribution in [-0.2, 0) is 11.3 Å². The van der Waals surface area contributed by atoms with Crippen molar-refractivity contribution in [2.75, 3.05) is 27.2 Å². The number of rotatable bonds is 4. The molecule has 0 spiro atoms. The molecule has 0 aromatic heterocycles. The third-order valence-corrected chi connectivity index (χ3v) is 4.17. The van der Waals surface area contributed by atoms with Crippen LogP contribution < -0.4 is 10.1 Å². The van der Waals surface area contributed by atoms with Crippen molar-refractivity contribution in [2.45, 2.75) is 19.4 Å². The largest absolute Gasteiger partial charge is 0.496 e. The van der Waals surface area contributed by atoms with Gasteiger partial charge in [-0.1, -0.05) is 15.9 Å². The molecule has 1 aliphatic heterocycles. The van der Waals surface area contributed by atoms with Crippen LogP contribution in [0.4, 0.5) is 0 Å². The lowest BCUT2D eigenvalue weighted by Gasteiger charge is -2.27. The van der Waals surface area contributed by atoms with E-state index in [1.165, 1.54) is 0 Å². The van der Waals surface area contributed by atoms with Gasteiger partial charge in [0.2, 0.25) is 5.91 Å². The summed E-state index contributed by atoms with van der Waals surface area (Å²) >= 11 is 3.46. The van der Waals surface area contributed by atoms with E-state index >= 15 is 0 Å². The molecular formula is C15H21BrN2O2. The van der Waals surface area contributed by atoms with Crippen LogP contribution in [0.3, 0.4) is 0 Å². The number of carbonyl (C=O) groups is 1. The number of amides is 1. The minimum Gasteiger partial charge on any atom is -0.496 e. The first-order valence-electron chi connectivity index (χ1n) is 6.90. The second-order valence-corrected chi connectivity index (χ2v) is 6.11.